The number of allylic oxidation sites excluding steroid dienone is 3. The topological polar surface area (TPSA) is 40.5 Å². The van der Waals surface area contributed by atoms with E-state index in [4.69, 9.17) is 0 Å². The van der Waals surface area contributed by atoms with Gasteiger partial charge in [0.1, 0.15) is 5.76 Å². The van der Waals surface area contributed by atoms with E-state index >= 15 is 0 Å². The van der Waals surface area contributed by atoms with Crippen molar-refractivity contribution in [2.45, 2.75) is 71.8 Å². The Hall–Kier alpha value is -0.760. The molecule has 0 amide bonds. The molecule has 2 N–H and O–H groups in total. The normalized spacial score (nSPS) is 50.3. The molecule has 0 heterocycles. The van der Waals surface area contributed by atoms with E-state index in [2.05, 4.69) is 19.9 Å². The van der Waals surface area contributed by atoms with Gasteiger partial charge >= 0.3 is 0 Å². The summed E-state index contributed by atoms with van der Waals surface area (Å²) in [6.07, 6.45) is 12.5. The smallest absolute Gasteiger partial charge is 0.115 e. The highest BCUT2D eigenvalue weighted by Crippen LogP contribution is 2.66. The molecule has 2 saturated carbocycles. The molecule has 23 heavy (non-hydrogen) atoms. The average molecular weight is 316 g/mol. The predicted octanol–water partition coefficient (Wildman–Crippen LogP) is 5.00. The van der Waals surface area contributed by atoms with Crippen LogP contribution in [0, 0.1) is 34.5 Å². The van der Waals surface area contributed by atoms with Crippen molar-refractivity contribution in [3.05, 3.63) is 23.5 Å². The van der Waals surface area contributed by atoms with E-state index in [1.54, 1.807) is 0 Å². The Morgan fingerprint density at radius 1 is 1.09 bits per heavy atom. The molecule has 0 aromatic heterocycles. The maximum atomic E-state index is 10.4. The van der Waals surface area contributed by atoms with Gasteiger partial charge in [0.15, 0.2) is 0 Å². The van der Waals surface area contributed by atoms with Crippen LogP contribution >= 0.6 is 0 Å². The summed E-state index contributed by atoms with van der Waals surface area (Å²) in [4.78, 5) is 0. The number of fused-ring (bicyclic) bond motifs is 5. The van der Waals surface area contributed by atoms with Gasteiger partial charge < -0.3 is 10.2 Å². The van der Waals surface area contributed by atoms with Crippen molar-refractivity contribution >= 4 is 0 Å². The minimum Gasteiger partial charge on any atom is -0.508 e. The lowest BCUT2D eigenvalue weighted by Crippen LogP contribution is -2.50. The van der Waals surface area contributed by atoms with E-state index in [0.29, 0.717) is 23.0 Å². The molecule has 1 unspecified atom stereocenters. The second-order valence-electron chi connectivity index (χ2n) is 9.24. The zero-order valence-electron chi connectivity index (χ0n) is 14.9. The molecular formula is C21H32O2. The summed E-state index contributed by atoms with van der Waals surface area (Å²) in [6, 6.07) is 0. The number of rotatable bonds is 1. The molecule has 4 rings (SSSR count). The highest BCUT2D eigenvalue weighted by Gasteiger charge is 2.59. The largest absolute Gasteiger partial charge is 0.508 e. The summed E-state index contributed by atoms with van der Waals surface area (Å²) < 4.78 is 0. The molecule has 4 aliphatic rings. The first-order valence-corrected chi connectivity index (χ1v) is 9.66. The van der Waals surface area contributed by atoms with Gasteiger partial charge in [-0.05, 0) is 98.0 Å². The molecule has 0 saturated heterocycles. The maximum absolute atomic E-state index is 10.4. The Balaban J connectivity index is 1.69. The van der Waals surface area contributed by atoms with E-state index in [9.17, 15) is 10.2 Å². The predicted molar refractivity (Wildman–Crippen MR) is 93.0 cm³/mol. The molecular weight excluding hydrogens is 284 g/mol. The molecule has 2 heteroatoms. The maximum Gasteiger partial charge on any atom is 0.115 e. The molecule has 0 spiro atoms. The Kier molecular flexibility index (Phi) is 3.50. The Labute approximate surface area is 140 Å². The van der Waals surface area contributed by atoms with Gasteiger partial charge in [-0.2, -0.15) is 0 Å². The van der Waals surface area contributed by atoms with Crippen LogP contribution in [0.25, 0.3) is 0 Å². The van der Waals surface area contributed by atoms with Gasteiger partial charge in [-0.3, -0.25) is 0 Å². The molecule has 128 valence electrons. The fraction of sp³-hybridized carbons (Fsp3) is 0.810. The SMILES string of the molecule is CC(O)[C@H]1CC[C@H]2[C@@H]3CC=C4C(O)=CCC[C@]4(C)[C@H]3CC[C@]12C. The summed E-state index contributed by atoms with van der Waals surface area (Å²) in [6.45, 7) is 6.86. The average Bonchev–Trinajstić information content (AvgIpc) is 2.84. The fourth-order valence-electron chi connectivity index (χ4n) is 7.26. The van der Waals surface area contributed by atoms with E-state index in [1.165, 1.54) is 37.7 Å². The van der Waals surface area contributed by atoms with Crippen molar-refractivity contribution in [2.24, 2.45) is 34.5 Å². The van der Waals surface area contributed by atoms with Crippen LogP contribution in [0.2, 0.25) is 0 Å². The second kappa shape index (κ2) is 5.12. The summed E-state index contributed by atoms with van der Waals surface area (Å²) in [5, 5.41) is 20.6. The monoisotopic (exact) mass is 316 g/mol. The summed E-state index contributed by atoms with van der Waals surface area (Å²) in [7, 11) is 0. The first-order chi connectivity index (χ1) is 10.9. The standard InChI is InChI=1S/C21H32O2/c1-13(22)15-8-9-16-14-6-7-18-19(23)5-4-11-20(18,2)17(14)10-12-21(15,16)3/h5,7,13-17,22-23H,4,6,8-12H2,1-3H3/t13?,14-,15+,16-,17-,20+,21+/m0/s1. The van der Waals surface area contributed by atoms with Crippen LogP contribution in [0.4, 0.5) is 0 Å². The van der Waals surface area contributed by atoms with Crippen LogP contribution in [-0.2, 0) is 0 Å². The molecule has 2 fully saturated rings. The Bertz CT molecular complexity index is 560. The quantitative estimate of drug-likeness (QED) is 0.715. The van der Waals surface area contributed by atoms with Crippen molar-refractivity contribution in [3.63, 3.8) is 0 Å². The van der Waals surface area contributed by atoms with Gasteiger partial charge in [-0.25, -0.2) is 0 Å². The van der Waals surface area contributed by atoms with Gasteiger partial charge in [0.2, 0.25) is 0 Å². The summed E-state index contributed by atoms with van der Waals surface area (Å²) in [5.74, 6) is 3.25. The van der Waals surface area contributed by atoms with Crippen LogP contribution in [-0.4, -0.2) is 16.3 Å². The first kappa shape index (κ1) is 15.7. The number of aliphatic hydroxyl groups is 2. The van der Waals surface area contributed by atoms with Gasteiger partial charge in [-0.15, -0.1) is 0 Å². The Morgan fingerprint density at radius 2 is 1.87 bits per heavy atom. The number of hydrogen-bond acceptors (Lipinski definition) is 2. The highest BCUT2D eigenvalue weighted by atomic mass is 16.3. The van der Waals surface area contributed by atoms with E-state index in [-0.39, 0.29) is 11.5 Å². The minimum atomic E-state index is -0.173. The van der Waals surface area contributed by atoms with Crippen molar-refractivity contribution in [2.75, 3.05) is 0 Å². The summed E-state index contributed by atoms with van der Waals surface area (Å²) >= 11 is 0. The van der Waals surface area contributed by atoms with E-state index in [1.807, 2.05) is 13.0 Å². The third kappa shape index (κ3) is 2.03. The first-order valence-electron chi connectivity index (χ1n) is 9.66. The minimum absolute atomic E-state index is 0.173. The molecule has 0 aromatic rings. The van der Waals surface area contributed by atoms with Gasteiger partial charge in [0.25, 0.3) is 0 Å². The number of aliphatic hydroxyl groups excluding tert-OH is 2. The van der Waals surface area contributed by atoms with Gasteiger partial charge in [0, 0.05) is 0 Å². The van der Waals surface area contributed by atoms with E-state index in [0.717, 1.165) is 24.7 Å². The molecule has 2 nitrogen and oxygen atoms in total. The summed E-state index contributed by atoms with van der Waals surface area (Å²) in [5.41, 5.74) is 1.73. The zero-order chi connectivity index (χ0) is 16.4. The Morgan fingerprint density at radius 3 is 2.61 bits per heavy atom. The van der Waals surface area contributed by atoms with Crippen LogP contribution in [0.1, 0.15) is 65.7 Å². The fourth-order valence-corrected chi connectivity index (χ4v) is 7.26. The lowest BCUT2D eigenvalue weighted by atomic mass is 9.48. The van der Waals surface area contributed by atoms with Gasteiger partial charge in [-0.1, -0.05) is 19.9 Å². The van der Waals surface area contributed by atoms with Crippen molar-refractivity contribution < 1.29 is 10.2 Å². The second-order valence-corrected chi connectivity index (χ2v) is 9.24. The third-order valence-corrected chi connectivity index (χ3v) is 8.40. The van der Waals surface area contributed by atoms with Crippen molar-refractivity contribution in [3.8, 4) is 0 Å². The van der Waals surface area contributed by atoms with E-state index < -0.39 is 0 Å². The highest BCUT2D eigenvalue weighted by molar-refractivity contribution is 5.37. The lowest BCUT2D eigenvalue weighted by molar-refractivity contribution is -0.0597. The lowest BCUT2D eigenvalue weighted by Gasteiger charge is -2.57. The van der Waals surface area contributed by atoms with Crippen LogP contribution in [0.15, 0.2) is 23.5 Å². The van der Waals surface area contributed by atoms with Crippen LogP contribution in [0.3, 0.4) is 0 Å². The molecule has 4 aliphatic carbocycles. The molecule has 0 aliphatic heterocycles. The molecule has 0 bridgehead atoms. The number of hydrogen-bond donors (Lipinski definition) is 2. The molecule has 0 radical (unpaired) electrons. The molecule has 0 aromatic carbocycles. The van der Waals surface area contributed by atoms with Crippen molar-refractivity contribution in [1.82, 2.24) is 0 Å². The zero-order valence-corrected chi connectivity index (χ0v) is 14.9. The molecule has 7 atom stereocenters. The third-order valence-electron chi connectivity index (χ3n) is 8.40. The van der Waals surface area contributed by atoms with Crippen LogP contribution in [0.5, 0.6) is 0 Å². The van der Waals surface area contributed by atoms with Gasteiger partial charge in [0.05, 0.1) is 6.10 Å². The van der Waals surface area contributed by atoms with Crippen LogP contribution < -0.4 is 0 Å². The van der Waals surface area contributed by atoms with Crippen molar-refractivity contribution in [1.29, 1.82) is 0 Å².